The number of hydrogen-bond acceptors (Lipinski definition) is 4. The Kier molecular flexibility index (Phi) is 6.35. The second-order valence-corrected chi connectivity index (χ2v) is 9.19. The minimum Gasteiger partial charge on any atom is -0.463 e. The molecule has 31 heavy (non-hydrogen) atoms. The van der Waals surface area contributed by atoms with Crippen LogP contribution < -0.4 is 5.32 Å². The summed E-state index contributed by atoms with van der Waals surface area (Å²) in [5.41, 5.74) is 4.77. The van der Waals surface area contributed by atoms with Gasteiger partial charge in [0.1, 0.15) is 0 Å². The number of ketones is 1. The first-order valence-electron chi connectivity index (χ1n) is 10.3. The molecule has 1 N–H and O–H groups in total. The Morgan fingerprint density at radius 2 is 1.74 bits per heavy atom. The van der Waals surface area contributed by atoms with E-state index in [2.05, 4.69) is 21.2 Å². The highest BCUT2D eigenvalue weighted by Gasteiger charge is 2.41. The minimum absolute atomic E-state index is 0.0518. The summed E-state index contributed by atoms with van der Waals surface area (Å²) in [6, 6.07) is 15.4. The van der Waals surface area contributed by atoms with Crippen molar-refractivity contribution < 1.29 is 14.3 Å². The first-order valence-corrected chi connectivity index (χ1v) is 11.5. The van der Waals surface area contributed by atoms with Crippen molar-refractivity contribution in [2.45, 2.75) is 38.5 Å². The van der Waals surface area contributed by atoms with Crippen LogP contribution in [-0.2, 0) is 14.3 Å². The highest BCUT2D eigenvalue weighted by molar-refractivity contribution is 9.10. The molecular formula is C25H23BrClNO3. The second-order valence-electron chi connectivity index (χ2n) is 7.84. The van der Waals surface area contributed by atoms with Gasteiger partial charge in [-0.15, -0.1) is 0 Å². The highest BCUT2D eigenvalue weighted by atomic mass is 79.9. The summed E-state index contributed by atoms with van der Waals surface area (Å²) in [5.74, 6) is -0.712. The van der Waals surface area contributed by atoms with Gasteiger partial charge in [-0.1, -0.05) is 51.8 Å². The van der Waals surface area contributed by atoms with Crippen LogP contribution in [0.4, 0.5) is 0 Å². The van der Waals surface area contributed by atoms with Gasteiger partial charge >= 0.3 is 5.97 Å². The normalized spacial score (nSPS) is 21.0. The molecule has 0 saturated heterocycles. The van der Waals surface area contributed by atoms with Gasteiger partial charge in [0.05, 0.1) is 12.2 Å². The number of dihydropyridines is 1. The summed E-state index contributed by atoms with van der Waals surface area (Å²) < 4.78 is 6.29. The molecule has 2 aromatic carbocycles. The quantitative estimate of drug-likeness (QED) is 0.521. The Morgan fingerprint density at radius 3 is 2.39 bits per heavy atom. The summed E-state index contributed by atoms with van der Waals surface area (Å²) in [6.07, 6.45) is 1.09. The summed E-state index contributed by atoms with van der Waals surface area (Å²) in [4.78, 5) is 26.3. The molecule has 0 bridgehead atoms. The lowest BCUT2D eigenvalue weighted by molar-refractivity contribution is -0.138. The number of Topliss-reactive ketones (excluding diaryl/α,β-unsaturated/α-hetero) is 1. The molecule has 0 saturated carbocycles. The zero-order valence-corrected chi connectivity index (χ0v) is 19.7. The van der Waals surface area contributed by atoms with Gasteiger partial charge < -0.3 is 10.1 Å². The number of halogens is 2. The van der Waals surface area contributed by atoms with Crippen molar-refractivity contribution in [1.82, 2.24) is 5.32 Å². The van der Waals surface area contributed by atoms with Crippen molar-refractivity contribution in [2.24, 2.45) is 0 Å². The Balaban J connectivity index is 1.78. The molecule has 4 rings (SSSR count). The van der Waals surface area contributed by atoms with E-state index in [-0.39, 0.29) is 24.3 Å². The molecule has 0 fully saturated rings. The third kappa shape index (κ3) is 4.35. The molecule has 1 aliphatic heterocycles. The monoisotopic (exact) mass is 499 g/mol. The molecule has 0 amide bonds. The summed E-state index contributed by atoms with van der Waals surface area (Å²) >= 11 is 9.50. The van der Waals surface area contributed by atoms with Crippen LogP contribution in [0.5, 0.6) is 0 Å². The maximum atomic E-state index is 13.5. The van der Waals surface area contributed by atoms with Crippen LogP contribution in [0.15, 0.2) is 75.5 Å². The molecule has 2 aliphatic rings. The van der Waals surface area contributed by atoms with Gasteiger partial charge in [-0.2, -0.15) is 0 Å². The van der Waals surface area contributed by atoms with Gasteiger partial charge in [0.25, 0.3) is 0 Å². The van der Waals surface area contributed by atoms with Crippen molar-refractivity contribution >= 4 is 39.3 Å². The van der Waals surface area contributed by atoms with Crippen molar-refractivity contribution in [3.05, 3.63) is 91.7 Å². The van der Waals surface area contributed by atoms with Gasteiger partial charge in [0.15, 0.2) is 5.78 Å². The summed E-state index contributed by atoms with van der Waals surface area (Å²) in [5, 5.41) is 4.04. The molecular weight excluding hydrogens is 478 g/mol. The molecule has 0 spiro atoms. The number of carbonyl (C=O) groups excluding carboxylic acids is 2. The van der Waals surface area contributed by atoms with E-state index >= 15 is 0 Å². The van der Waals surface area contributed by atoms with Crippen LogP contribution in [0.3, 0.4) is 0 Å². The molecule has 0 unspecified atom stereocenters. The number of esters is 1. The Bertz CT molecular complexity index is 1090. The van der Waals surface area contributed by atoms with E-state index in [0.29, 0.717) is 29.0 Å². The van der Waals surface area contributed by atoms with Crippen LogP contribution in [0.1, 0.15) is 49.7 Å². The lowest BCUT2D eigenvalue weighted by atomic mass is 9.72. The molecule has 4 nitrogen and oxygen atoms in total. The van der Waals surface area contributed by atoms with Crippen LogP contribution in [0, 0.1) is 0 Å². The zero-order valence-electron chi connectivity index (χ0n) is 17.4. The van der Waals surface area contributed by atoms with E-state index in [0.717, 1.165) is 27.0 Å². The molecule has 160 valence electrons. The van der Waals surface area contributed by atoms with Crippen LogP contribution in [0.25, 0.3) is 0 Å². The molecule has 6 heteroatoms. The number of ether oxygens (including phenoxy) is 1. The summed E-state index contributed by atoms with van der Waals surface area (Å²) in [6.45, 7) is 3.94. The third-order valence-corrected chi connectivity index (χ3v) is 6.65. The Labute approximate surface area is 195 Å². The number of rotatable bonds is 4. The predicted molar refractivity (Wildman–Crippen MR) is 125 cm³/mol. The predicted octanol–water partition coefficient (Wildman–Crippen LogP) is 6.03. The SMILES string of the molecule is CCOC(=O)C1=C(C)NC2=C(C(=O)C[C@@H](c3ccc(Cl)cc3)C2)[C@@H]1c1ccc(Br)cc1. The second kappa shape index (κ2) is 9.01. The van der Waals surface area contributed by atoms with Gasteiger partial charge in [-0.25, -0.2) is 4.79 Å². The fraction of sp³-hybridized carbons (Fsp3) is 0.280. The molecule has 1 heterocycles. The lowest BCUT2D eigenvalue weighted by Gasteiger charge is -2.36. The highest BCUT2D eigenvalue weighted by Crippen LogP contribution is 2.45. The average molecular weight is 501 g/mol. The third-order valence-electron chi connectivity index (χ3n) is 5.87. The number of carbonyl (C=O) groups is 2. The van der Waals surface area contributed by atoms with Crippen molar-refractivity contribution in [3.63, 3.8) is 0 Å². The van der Waals surface area contributed by atoms with Crippen molar-refractivity contribution in [3.8, 4) is 0 Å². The smallest absolute Gasteiger partial charge is 0.336 e. The van der Waals surface area contributed by atoms with E-state index < -0.39 is 5.92 Å². The van der Waals surface area contributed by atoms with E-state index in [1.807, 2.05) is 55.5 Å². The van der Waals surface area contributed by atoms with E-state index in [9.17, 15) is 9.59 Å². The van der Waals surface area contributed by atoms with Crippen LogP contribution in [-0.4, -0.2) is 18.4 Å². The largest absolute Gasteiger partial charge is 0.463 e. The van der Waals surface area contributed by atoms with E-state index in [1.54, 1.807) is 6.92 Å². The van der Waals surface area contributed by atoms with Crippen LogP contribution in [0.2, 0.25) is 5.02 Å². The molecule has 1 aliphatic carbocycles. The van der Waals surface area contributed by atoms with Crippen molar-refractivity contribution in [1.29, 1.82) is 0 Å². The standard InChI is InChI=1S/C25H23BrClNO3/c1-3-31-25(30)22-14(2)28-20-12-17(15-6-10-19(27)11-7-15)13-21(29)24(20)23(22)16-4-8-18(26)9-5-16/h4-11,17,23,28H,3,12-13H2,1-2H3/t17-,23+/m0/s1. The maximum absolute atomic E-state index is 13.5. The topological polar surface area (TPSA) is 55.4 Å². The number of hydrogen-bond donors (Lipinski definition) is 1. The van der Waals surface area contributed by atoms with E-state index in [1.165, 1.54) is 0 Å². The molecule has 0 aromatic heterocycles. The lowest BCUT2D eigenvalue weighted by Crippen LogP contribution is -2.36. The number of nitrogens with one attached hydrogen (secondary N) is 1. The minimum atomic E-state index is -0.443. The Morgan fingerprint density at radius 1 is 1.10 bits per heavy atom. The molecule has 2 atom stereocenters. The Hall–Kier alpha value is -2.37. The summed E-state index contributed by atoms with van der Waals surface area (Å²) in [7, 11) is 0. The van der Waals surface area contributed by atoms with Crippen LogP contribution >= 0.6 is 27.5 Å². The fourth-order valence-electron chi connectivity index (χ4n) is 4.48. The maximum Gasteiger partial charge on any atom is 0.336 e. The fourth-order valence-corrected chi connectivity index (χ4v) is 4.87. The van der Waals surface area contributed by atoms with E-state index in [4.69, 9.17) is 16.3 Å². The van der Waals surface area contributed by atoms with Gasteiger partial charge in [0.2, 0.25) is 0 Å². The number of benzene rings is 2. The van der Waals surface area contributed by atoms with Gasteiger partial charge in [0, 0.05) is 38.8 Å². The average Bonchev–Trinajstić information content (AvgIpc) is 2.74. The zero-order chi connectivity index (χ0) is 22.1. The first kappa shape index (κ1) is 21.8. The van der Waals surface area contributed by atoms with Gasteiger partial charge in [-0.3, -0.25) is 4.79 Å². The van der Waals surface area contributed by atoms with Gasteiger partial charge in [-0.05, 0) is 61.6 Å². The molecule has 0 radical (unpaired) electrons. The van der Waals surface area contributed by atoms with Crippen molar-refractivity contribution in [2.75, 3.05) is 6.61 Å². The number of allylic oxidation sites excluding steroid dienone is 3. The first-order chi connectivity index (χ1) is 14.9. The molecule has 2 aromatic rings.